The standard InChI is InChI=1S/C13H16O4S/c1-9-7-11(9)8-17-13(14)10-3-5-12(6-4-10)18(2,15)16/h3-6,9,11H,7-8H2,1-2H3/t9-,11+/m0/s1. The van der Waals surface area contributed by atoms with Crippen molar-refractivity contribution in [3.63, 3.8) is 0 Å². The number of hydrogen-bond acceptors (Lipinski definition) is 4. The van der Waals surface area contributed by atoms with E-state index >= 15 is 0 Å². The molecule has 4 nitrogen and oxygen atoms in total. The third-order valence-electron chi connectivity index (χ3n) is 3.22. The Hall–Kier alpha value is -1.36. The molecule has 1 aromatic carbocycles. The van der Waals surface area contributed by atoms with Crippen LogP contribution in [0.15, 0.2) is 29.2 Å². The topological polar surface area (TPSA) is 60.4 Å². The predicted octanol–water partition coefficient (Wildman–Crippen LogP) is 1.90. The van der Waals surface area contributed by atoms with Gasteiger partial charge in [-0.3, -0.25) is 0 Å². The van der Waals surface area contributed by atoms with Crippen molar-refractivity contribution in [2.24, 2.45) is 11.8 Å². The SMILES string of the molecule is C[C@H]1C[C@@H]1COC(=O)c1ccc(S(C)(=O)=O)cc1. The van der Waals surface area contributed by atoms with E-state index in [2.05, 4.69) is 6.92 Å². The Morgan fingerprint density at radius 1 is 1.33 bits per heavy atom. The molecule has 0 heterocycles. The minimum absolute atomic E-state index is 0.204. The molecule has 1 fully saturated rings. The zero-order valence-corrected chi connectivity index (χ0v) is 11.2. The first-order chi connectivity index (χ1) is 8.38. The number of rotatable bonds is 4. The van der Waals surface area contributed by atoms with Crippen molar-refractivity contribution in [1.29, 1.82) is 0 Å². The Balaban J connectivity index is 1.98. The maximum Gasteiger partial charge on any atom is 0.338 e. The van der Waals surface area contributed by atoms with Crippen molar-refractivity contribution in [1.82, 2.24) is 0 Å². The average molecular weight is 268 g/mol. The monoisotopic (exact) mass is 268 g/mol. The van der Waals surface area contributed by atoms with Crippen LogP contribution in [0.1, 0.15) is 23.7 Å². The Morgan fingerprint density at radius 3 is 2.33 bits per heavy atom. The van der Waals surface area contributed by atoms with Gasteiger partial charge in [-0.05, 0) is 42.5 Å². The summed E-state index contributed by atoms with van der Waals surface area (Å²) in [7, 11) is -3.22. The van der Waals surface area contributed by atoms with Crippen LogP contribution in [0, 0.1) is 11.8 Å². The van der Waals surface area contributed by atoms with Crippen molar-refractivity contribution in [2.75, 3.05) is 12.9 Å². The van der Waals surface area contributed by atoms with Crippen molar-refractivity contribution < 1.29 is 17.9 Å². The zero-order valence-electron chi connectivity index (χ0n) is 10.4. The average Bonchev–Trinajstić information content (AvgIpc) is 3.01. The fourth-order valence-corrected chi connectivity index (χ4v) is 2.37. The molecule has 1 aliphatic carbocycles. The smallest absolute Gasteiger partial charge is 0.338 e. The molecule has 0 spiro atoms. The van der Waals surface area contributed by atoms with Gasteiger partial charge in [-0.15, -0.1) is 0 Å². The molecule has 2 rings (SSSR count). The van der Waals surface area contributed by atoms with Crippen LogP contribution in [0.2, 0.25) is 0 Å². The van der Waals surface area contributed by atoms with Crippen LogP contribution in [-0.4, -0.2) is 27.2 Å². The summed E-state index contributed by atoms with van der Waals surface area (Å²) >= 11 is 0. The molecule has 1 saturated carbocycles. The summed E-state index contributed by atoms with van der Waals surface area (Å²) in [4.78, 5) is 11.9. The molecule has 0 aliphatic heterocycles. The van der Waals surface area contributed by atoms with E-state index in [0.29, 0.717) is 24.0 Å². The minimum atomic E-state index is -3.22. The van der Waals surface area contributed by atoms with Gasteiger partial charge in [0, 0.05) is 6.26 Å². The number of hydrogen-bond donors (Lipinski definition) is 0. The molecule has 5 heteroatoms. The van der Waals surface area contributed by atoms with Crippen LogP contribution < -0.4 is 0 Å². The number of sulfone groups is 1. The van der Waals surface area contributed by atoms with Gasteiger partial charge in [0.05, 0.1) is 17.1 Å². The highest BCUT2D eigenvalue weighted by Gasteiger charge is 2.33. The van der Waals surface area contributed by atoms with Crippen LogP contribution in [0.3, 0.4) is 0 Å². The van der Waals surface area contributed by atoms with E-state index in [4.69, 9.17) is 4.74 Å². The van der Waals surface area contributed by atoms with Gasteiger partial charge in [0.2, 0.25) is 0 Å². The van der Waals surface area contributed by atoms with E-state index in [1.807, 2.05) is 0 Å². The van der Waals surface area contributed by atoms with Gasteiger partial charge in [-0.1, -0.05) is 6.92 Å². The molecule has 0 aromatic heterocycles. The van der Waals surface area contributed by atoms with Gasteiger partial charge >= 0.3 is 5.97 Å². The third-order valence-corrected chi connectivity index (χ3v) is 4.35. The summed E-state index contributed by atoms with van der Waals surface area (Å²) in [5.74, 6) is 0.740. The van der Waals surface area contributed by atoms with E-state index in [9.17, 15) is 13.2 Å². The lowest BCUT2D eigenvalue weighted by molar-refractivity contribution is 0.0481. The first-order valence-electron chi connectivity index (χ1n) is 5.85. The highest BCUT2D eigenvalue weighted by molar-refractivity contribution is 7.90. The molecule has 98 valence electrons. The Bertz CT molecular complexity index is 545. The van der Waals surface area contributed by atoms with E-state index in [1.165, 1.54) is 24.3 Å². The summed E-state index contributed by atoms with van der Waals surface area (Å²) in [5.41, 5.74) is 0.385. The van der Waals surface area contributed by atoms with Gasteiger partial charge in [0.1, 0.15) is 0 Å². The second-order valence-corrected chi connectivity index (χ2v) is 6.88. The maximum absolute atomic E-state index is 11.7. The van der Waals surface area contributed by atoms with Crippen LogP contribution in [0.4, 0.5) is 0 Å². The van der Waals surface area contributed by atoms with Gasteiger partial charge in [0.15, 0.2) is 9.84 Å². The zero-order chi connectivity index (χ0) is 13.3. The highest BCUT2D eigenvalue weighted by Crippen LogP contribution is 2.37. The Labute approximate surface area is 107 Å². The summed E-state index contributed by atoms with van der Waals surface area (Å²) < 4.78 is 27.7. The van der Waals surface area contributed by atoms with E-state index < -0.39 is 15.8 Å². The normalized spacial score (nSPS) is 22.6. The lowest BCUT2D eigenvalue weighted by Gasteiger charge is -2.04. The Kier molecular flexibility index (Phi) is 3.43. The fraction of sp³-hybridized carbons (Fsp3) is 0.462. The molecule has 0 bridgehead atoms. The quantitative estimate of drug-likeness (QED) is 0.783. The molecule has 2 atom stereocenters. The van der Waals surface area contributed by atoms with Gasteiger partial charge in [-0.25, -0.2) is 13.2 Å². The molecule has 18 heavy (non-hydrogen) atoms. The first kappa shape index (κ1) is 13.1. The van der Waals surface area contributed by atoms with Crippen LogP contribution in [0.5, 0.6) is 0 Å². The molecule has 1 aliphatic rings. The molecule has 1 aromatic rings. The Morgan fingerprint density at radius 2 is 1.89 bits per heavy atom. The van der Waals surface area contributed by atoms with Crippen molar-refractivity contribution in [2.45, 2.75) is 18.2 Å². The second-order valence-electron chi connectivity index (χ2n) is 4.87. The molecule has 0 saturated heterocycles. The van der Waals surface area contributed by atoms with Crippen molar-refractivity contribution in [3.8, 4) is 0 Å². The van der Waals surface area contributed by atoms with Crippen molar-refractivity contribution in [3.05, 3.63) is 29.8 Å². The van der Waals surface area contributed by atoms with E-state index in [-0.39, 0.29) is 4.90 Å². The minimum Gasteiger partial charge on any atom is -0.462 e. The number of benzene rings is 1. The second kappa shape index (κ2) is 4.72. The maximum atomic E-state index is 11.7. The van der Waals surface area contributed by atoms with Gasteiger partial charge in [0.25, 0.3) is 0 Å². The van der Waals surface area contributed by atoms with Gasteiger partial charge in [-0.2, -0.15) is 0 Å². The predicted molar refractivity (Wildman–Crippen MR) is 67.1 cm³/mol. The largest absolute Gasteiger partial charge is 0.462 e. The summed E-state index contributed by atoms with van der Waals surface area (Å²) in [5, 5.41) is 0. The lowest BCUT2D eigenvalue weighted by atomic mass is 10.2. The van der Waals surface area contributed by atoms with Crippen molar-refractivity contribution >= 4 is 15.8 Å². The number of carbonyl (C=O) groups is 1. The van der Waals surface area contributed by atoms with Crippen LogP contribution in [-0.2, 0) is 14.6 Å². The molecular weight excluding hydrogens is 252 g/mol. The fourth-order valence-electron chi connectivity index (χ4n) is 1.74. The molecule has 0 amide bonds. The third kappa shape index (κ3) is 3.10. The molecule has 0 unspecified atom stereocenters. The van der Waals surface area contributed by atoms with E-state index in [0.717, 1.165) is 12.7 Å². The number of esters is 1. The number of carbonyl (C=O) groups excluding carboxylic acids is 1. The number of ether oxygens (including phenoxy) is 1. The summed E-state index contributed by atoms with van der Waals surface area (Å²) in [6.45, 7) is 2.58. The van der Waals surface area contributed by atoms with Crippen LogP contribution >= 0.6 is 0 Å². The first-order valence-corrected chi connectivity index (χ1v) is 7.74. The summed E-state index contributed by atoms with van der Waals surface area (Å²) in [6.07, 6.45) is 2.25. The molecule has 0 radical (unpaired) electrons. The molecular formula is C13H16O4S. The molecule has 0 N–H and O–H groups in total. The highest BCUT2D eigenvalue weighted by atomic mass is 32.2. The van der Waals surface area contributed by atoms with Crippen LogP contribution in [0.25, 0.3) is 0 Å². The van der Waals surface area contributed by atoms with Gasteiger partial charge < -0.3 is 4.74 Å². The lowest BCUT2D eigenvalue weighted by Crippen LogP contribution is -2.08. The summed E-state index contributed by atoms with van der Waals surface area (Å²) in [6, 6.07) is 5.81. The van der Waals surface area contributed by atoms with E-state index in [1.54, 1.807) is 0 Å².